The predicted molar refractivity (Wildman–Crippen MR) is 73.8 cm³/mol. The monoisotopic (exact) mass is 321 g/mol. The summed E-state index contributed by atoms with van der Waals surface area (Å²) in [7, 11) is -7.35. The first-order valence-electron chi connectivity index (χ1n) is 5.63. The summed E-state index contributed by atoms with van der Waals surface area (Å²) in [6.45, 7) is 0. The highest BCUT2D eigenvalue weighted by Gasteiger charge is 2.17. The number of carbonyl (C=O) groups is 1. The van der Waals surface area contributed by atoms with Gasteiger partial charge in [0.05, 0.1) is 16.3 Å². The molecule has 7 nitrogen and oxygen atoms in total. The summed E-state index contributed by atoms with van der Waals surface area (Å²) >= 11 is 0. The van der Waals surface area contributed by atoms with E-state index in [4.69, 9.17) is 5.11 Å². The van der Waals surface area contributed by atoms with Crippen molar-refractivity contribution in [3.8, 4) is 0 Å². The van der Waals surface area contributed by atoms with E-state index in [2.05, 4.69) is 4.72 Å². The molecule has 1 aromatic rings. The van der Waals surface area contributed by atoms with Crippen LogP contribution in [0.25, 0.3) is 0 Å². The zero-order chi connectivity index (χ0) is 15.4. The van der Waals surface area contributed by atoms with E-state index in [0.717, 1.165) is 6.26 Å². The number of para-hydroxylation sites is 1. The number of hydrogen-bond acceptors (Lipinski definition) is 5. The first-order valence-corrected chi connectivity index (χ1v) is 9.17. The summed E-state index contributed by atoms with van der Waals surface area (Å²) in [4.78, 5) is 10.2. The van der Waals surface area contributed by atoms with Crippen molar-refractivity contribution in [1.82, 2.24) is 0 Å². The van der Waals surface area contributed by atoms with Gasteiger partial charge in [0.25, 0.3) is 0 Å². The standard InChI is InChI=1S/C11H15NO6S2/c1-19(15,16)10-6-3-2-5-9(10)12-20(17,18)8-4-7-11(13)14/h2-3,5-6,12H,4,7-8H2,1H3,(H,13,14). The number of carboxylic acids is 1. The number of nitrogens with one attached hydrogen (secondary N) is 1. The van der Waals surface area contributed by atoms with Crippen LogP contribution in [0.15, 0.2) is 29.2 Å². The van der Waals surface area contributed by atoms with Gasteiger partial charge in [-0.15, -0.1) is 0 Å². The predicted octanol–water partition coefficient (Wildman–Crippen LogP) is 0.697. The van der Waals surface area contributed by atoms with E-state index in [0.29, 0.717) is 0 Å². The molecule has 9 heteroatoms. The fraction of sp³-hybridized carbons (Fsp3) is 0.364. The molecule has 0 aliphatic heterocycles. The van der Waals surface area contributed by atoms with Gasteiger partial charge in [-0.3, -0.25) is 9.52 Å². The zero-order valence-corrected chi connectivity index (χ0v) is 12.4. The van der Waals surface area contributed by atoms with Gasteiger partial charge in [0.15, 0.2) is 9.84 Å². The highest BCUT2D eigenvalue weighted by atomic mass is 32.2. The van der Waals surface area contributed by atoms with Crippen molar-refractivity contribution in [2.75, 3.05) is 16.7 Å². The fourth-order valence-electron chi connectivity index (χ4n) is 1.51. The Labute approximate surface area is 117 Å². The van der Waals surface area contributed by atoms with Crippen molar-refractivity contribution >= 4 is 31.5 Å². The minimum absolute atomic E-state index is 0.0367. The molecule has 0 fully saturated rings. The zero-order valence-electron chi connectivity index (χ0n) is 10.7. The maximum Gasteiger partial charge on any atom is 0.303 e. The van der Waals surface area contributed by atoms with Crippen LogP contribution in [-0.2, 0) is 24.7 Å². The molecule has 112 valence electrons. The number of aliphatic carboxylic acids is 1. The summed E-state index contributed by atoms with van der Waals surface area (Å²) in [6.07, 6.45) is 0.658. The van der Waals surface area contributed by atoms with Gasteiger partial charge in [0.2, 0.25) is 10.0 Å². The highest BCUT2D eigenvalue weighted by molar-refractivity contribution is 7.93. The Morgan fingerprint density at radius 3 is 2.35 bits per heavy atom. The van der Waals surface area contributed by atoms with Gasteiger partial charge in [-0.2, -0.15) is 0 Å². The molecule has 1 rings (SSSR count). The van der Waals surface area contributed by atoms with Crippen molar-refractivity contribution in [3.05, 3.63) is 24.3 Å². The largest absolute Gasteiger partial charge is 0.481 e. The van der Waals surface area contributed by atoms with Crippen LogP contribution in [0.2, 0.25) is 0 Å². The maximum atomic E-state index is 11.8. The fourth-order valence-corrected chi connectivity index (χ4v) is 3.55. The van der Waals surface area contributed by atoms with E-state index in [1.165, 1.54) is 24.3 Å². The number of sulfonamides is 1. The van der Waals surface area contributed by atoms with Gasteiger partial charge in [-0.25, -0.2) is 16.8 Å². The van der Waals surface area contributed by atoms with Crippen LogP contribution in [-0.4, -0.2) is 39.9 Å². The third-order valence-electron chi connectivity index (χ3n) is 2.36. The molecule has 20 heavy (non-hydrogen) atoms. The highest BCUT2D eigenvalue weighted by Crippen LogP contribution is 2.21. The lowest BCUT2D eigenvalue weighted by molar-refractivity contribution is -0.137. The molecule has 0 bridgehead atoms. The van der Waals surface area contributed by atoms with Crippen LogP contribution in [0.4, 0.5) is 5.69 Å². The molecule has 0 saturated heterocycles. The van der Waals surface area contributed by atoms with Crippen molar-refractivity contribution in [2.24, 2.45) is 0 Å². The molecule has 0 aliphatic carbocycles. The Bertz CT molecular complexity index is 693. The summed E-state index contributed by atoms with van der Waals surface area (Å²) in [6, 6.07) is 5.62. The molecule has 0 aliphatic rings. The first-order chi connectivity index (χ1) is 9.12. The molecule has 1 aromatic carbocycles. The summed E-state index contributed by atoms with van der Waals surface area (Å²) in [5.74, 6) is -1.48. The van der Waals surface area contributed by atoms with Crippen molar-refractivity contribution < 1.29 is 26.7 Å². The van der Waals surface area contributed by atoms with Gasteiger partial charge in [0.1, 0.15) is 0 Å². The third-order valence-corrected chi connectivity index (χ3v) is 4.87. The average molecular weight is 321 g/mol. The van der Waals surface area contributed by atoms with E-state index in [1.807, 2.05) is 0 Å². The van der Waals surface area contributed by atoms with Crippen LogP contribution < -0.4 is 4.72 Å². The Kier molecular flexibility index (Phi) is 5.12. The number of hydrogen-bond donors (Lipinski definition) is 2. The maximum absolute atomic E-state index is 11.8. The molecular formula is C11H15NO6S2. The molecular weight excluding hydrogens is 306 g/mol. The summed E-state index contributed by atoms with van der Waals surface area (Å²) in [5, 5.41) is 8.46. The second-order valence-corrected chi connectivity index (χ2v) is 8.01. The molecule has 0 heterocycles. The lowest BCUT2D eigenvalue weighted by atomic mass is 10.3. The average Bonchev–Trinajstić information content (AvgIpc) is 2.26. The quantitative estimate of drug-likeness (QED) is 0.763. The molecule has 0 spiro atoms. The van der Waals surface area contributed by atoms with Gasteiger partial charge < -0.3 is 5.11 Å². The lowest BCUT2D eigenvalue weighted by Crippen LogP contribution is -2.19. The minimum Gasteiger partial charge on any atom is -0.481 e. The number of anilines is 1. The Morgan fingerprint density at radius 1 is 1.20 bits per heavy atom. The molecule has 0 atom stereocenters. The van der Waals surface area contributed by atoms with Crippen molar-refractivity contribution in [1.29, 1.82) is 0 Å². The molecule has 0 radical (unpaired) electrons. The molecule has 0 unspecified atom stereocenters. The van der Waals surface area contributed by atoms with Crippen LogP contribution in [0.5, 0.6) is 0 Å². The van der Waals surface area contributed by atoms with Crippen LogP contribution in [0.3, 0.4) is 0 Å². The van der Waals surface area contributed by atoms with Crippen LogP contribution in [0, 0.1) is 0 Å². The topological polar surface area (TPSA) is 118 Å². The number of rotatable bonds is 7. The van der Waals surface area contributed by atoms with Crippen molar-refractivity contribution in [2.45, 2.75) is 17.7 Å². The Morgan fingerprint density at radius 2 is 1.80 bits per heavy atom. The molecule has 0 saturated carbocycles. The Hall–Kier alpha value is -1.61. The van der Waals surface area contributed by atoms with Crippen LogP contribution in [0.1, 0.15) is 12.8 Å². The number of benzene rings is 1. The van der Waals surface area contributed by atoms with E-state index < -0.39 is 31.6 Å². The van der Waals surface area contributed by atoms with E-state index in [9.17, 15) is 21.6 Å². The Balaban J connectivity index is 2.91. The number of sulfone groups is 1. The van der Waals surface area contributed by atoms with Crippen LogP contribution >= 0.6 is 0 Å². The third kappa shape index (κ3) is 5.17. The smallest absolute Gasteiger partial charge is 0.303 e. The normalized spacial score (nSPS) is 12.1. The van der Waals surface area contributed by atoms with Crippen molar-refractivity contribution in [3.63, 3.8) is 0 Å². The lowest BCUT2D eigenvalue weighted by Gasteiger charge is -2.11. The molecule has 0 aromatic heterocycles. The molecule has 2 N–H and O–H groups in total. The van der Waals surface area contributed by atoms with E-state index >= 15 is 0 Å². The van der Waals surface area contributed by atoms with E-state index in [-0.39, 0.29) is 23.4 Å². The van der Waals surface area contributed by atoms with E-state index in [1.54, 1.807) is 0 Å². The summed E-state index contributed by atoms with van der Waals surface area (Å²) in [5.41, 5.74) is -0.0367. The summed E-state index contributed by atoms with van der Waals surface area (Å²) < 4.78 is 48.8. The first kappa shape index (κ1) is 16.4. The SMILES string of the molecule is CS(=O)(=O)c1ccccc1NS(=O)(=O)CCCC(=O)O. The second kappa shape index (κ2) is 6.23. The minimum atomic E-state index is -3.79. The van der Waals surface area contributed by atoms with Gasteiger partial charge >= 0.3 is 5.97 Å². The number of carboxylic acid groups (broad SMARTS) is 1. The van der Waals surface area contributed by atoms with Gasteiger partial charge in [0, 0.05) is 12.7 Å². The second-order valence-electron chi connectivity index (χ2n) is 4.19. The van der Waals surface area contributed by atoms with Gasteiger partial charge in [-0.05, 0) is 18.6 Å². The van der Waals surface area contributed by atoms with Gasteiger partial charge in [-0.1, -0.05) is 12.1 Å². The molecule has 0 amide bonds.